The molecule has 1 fully saturated rings. The molecule has 2 unspecified atom stereocenters. The molecule has 1 saturated heterocycles. The van der Waals surface area contributed by atoms with E-state index in [2.05, 4.69) is 64.3 Å². The molecule has 1 heterocycles. The third kappa shape index (κ3) is 3.99. The molecule has 100 valence electrons. The monoisotopic (exact) mass is 310 g/mol. The average molecular weight is 311 g/mol. The van der Waals surface area contributed by atoms with Gasteiger partial charge in [0.1, 0.15) is 0 Å². The van der Waals surface area contributed by atoms with E-state index < -0.39 is 0 Å². The van der Waals surface area contributed by atoms with Crippen molar-refractivity contribution >= 4 is 21.6 Å². The Morgan fingerprint density at radius 3 is 2.94 bits per heavy atom. The lowest BCUT2D eigenvalue weighted by Gasteiger charge is -2.36. The summed E-state index contributed by atoms with van der Waals surface area (Å²) in [5, 5.41) is 3.50. The third-order valence-corrected chi connectivity index (χ3v) is 4.29. The van der Waals surface area contributed by atoms with Crippen molar-refractivity contribution in [1.82, 2.24) is 4.90 Å². The molecule has 1 aliphatic heterocycles. The third-order valence-electron chi connectivity index (χ3n) is 3.80. The van der Waals surface area contributed by atoms with E-state index in [9.17, 15) is 0 Å². The molecule has 3 heteroatoms. The number of benzene rings is 1. The second-order valence-corrected chi connectivity index (χ2v) is 6.38. The quantitative estimate of drug-likeness (QED) is 0.905. The van der Waals surface area contributed by atoms with Crippen LogP contribution in [0.15, 0.2) is 28.7 Å². The van der Waals surface area contributed by atoms with E-state index >= 15 is 0 Å². The SMILES string of the molecule is CC1CCC(C)N(CCNc2cccc(Br)c2)C1. The van der Waals surface area contributed by atoms with Gasteiger partial charge in [-0.25, -0.2) is 0 Å². The zero-order valence-electron chi connectivity index (χ0n) is 11.3. The number of hydrogen-bond acceptors (Lipinski definition) is 2. The van der Waals surface area contributed by atoms with Gasteiger partial charge in [-0.3, -0.25) is 4.90 Å². The van der Waals surface area contributed by atoms with Gasteiger partial charge in [-0.05, 0) is 43.9 Å². The van der Waals surface area contributed by atoms with E-state index in [0.717, 1.165) is 29.5 Å². The lowest BCUT2D eigenvalue weighted by molar-refractivity contribution is 0.130. The Morgan fingerprint density at radius 2 is 2.17 bits per heavy atom. The fourth-order valence-electron chi connectivity index (χ4n) is 2.63. The van der Waals surface area contributed by atoms with Crippen LogP contribution in [0.4, 0.5) is 5.69 Å². The molecule has 0 radical (unpaired) electrons. The van der Waals surface area contributed by atoms with Gasteiger partial charge in [0.05, 0.1) is 0 Å². The molecule has 0 bridgehead atoms. The molecule has 0 amide bonds. The zero-order valence-corrected chi connectivity index (χ0v) is 12.9. The molecular formula is C15H23BrN2. The summed E-state index contributed by atoms with van der Waals surface area (Å²) in [6, 6.07) is 9.11. The van der Waals surface area contributed by atoms with E-state index in [1.54, 1.807) is 0 Å². The highest BCUT2D eigenvalue weighted by atomic mass is 79.9. The topological polar surface area (TPSA) is 15.3 Å². The summed E-state index contributed by atoms with van der Waals surface area (Å²) in [6.07, 6.45) is 2.73. The lowest BCUT2D eigenvalue weighted by Crippen LogP contribution is -2.43. The highest BCUT2D eigenvalue weighted by molar-refractivity contribution is 9.10. The molecule has 2 atom stereocenters. The predicted molar refractivity (Wildman–Crippen MR) is 82.1 cm³/mol. The molecule has 2 rings (SSSR count). The first-order valence-electron chi connectivity index (χ1n) is 6.88. The molecule has 1 aromatic rings. The Hall–Kier alpha value is -0.540. The van der Waals surface area contributed by atoms with E-state index in [1.807, 2.05) is 0 Å². The van der Waals surface area contributed by atoms with Gasteiger partial charge in [0.15, 0.2) is 0 Å². The fourth-order valence-corrected chi connectivity index (χ4v) is 3.03. The van der Waals surface area contributed by atoms with Crippen molar-refractivity contribution in [2.24, 2.45) is 5.92 Å². The Bertz CT molecular complexity index is 381. The molecule has 0 spiro atoms. The van der Waals surface area contributed by atoms with Gasteiger partial charge < -0.3 is 5.32 Å². The maximum atomic E-state index is 3.50. The number of nitrogens with zero attached hydrogens (tertiary/aromatic N) is 1. The van der Waals surface area contributed by atoms with Crippen LogP contribution in [0.25, 0.3) is 0 Å². The van der Waals surface area contributed by atoms with Crippen LogP contribution < -0.4 is 5.32 Å². The number of hydrogen-bond donors (Lipinski definition) is 1. The normalized spacial score (nSPS) is 25.1. The molecule has 1 aromatic carbocycles. The molecule has 1 N–H and O–H groups in total. The number of likely N-dealkylation sites (tertiary alicyclic amines) is 1. The van der Waals surface area contributed by atoms with Crippen molar-refractivity contribution in [3.05, 3.63) is 28.7 Å². The van der Waals surface area contributed by atoms with Crippen molar-refractivity contribution in [3.63, 3.8) is 0 Å². The van der Waals surface area contributed by atoms with Crippen LogP contribution in [0.3, 0.4) is 0 Å². The summed E-state index contributed by atoms with van der Waals surface area (Å²) in [5.41, 5.74) is 1.20. The average Bonchev–Trinajstić information content (AvgIpc) is 2.34. The van der Waals surface area contributed by atoms with Crippen LogP contribution in [0.5, 0.6) is 0 Å². The van der Waals surface area contributed by atoms with Gasteiger partial charge in [-0.2, -0.15) is 0 Å². The zero-order chi connectivity index (χ0) is 13.0. The summed E-state index contributed by atoms with van der Waals surface area (Å²) in [4.78, 5) is 2.61. The molecule has 18 heavy (non-hydrogen) atoms. The van der Waals surface area contributed by atoms with Crippen molar-refractivity contribution in [2.45, 2.75) is 32.7 Å². The Balaban J connectivity index is 1.77. The van der Waals surface area contributed by atoms with Gasteiger partial charge in [0, 0.05) is 35.8 Å². The Labute approximate surface area is 119 Å². The number of nitrogens with one attached hydrogen (secondary N) is 1. The molecule has 1 aliphatic rings. The molecular weight excluding hydrogens is 288 g/mol. The maximum absolute atomic E-state index is 3.50. The Kier molecular flexibility index (Phi) is 5.07. The largest absolute Gasteiger partial charge is 0.384 e. The van der Waals surface area contributed by atoms with Crippen molar-refractivity contribution < 1.29 is 0 Å². The number of halogens is 1. The Morgan fingerprint density at radius 1 is 1.33 bits per heavy atom. The van der Waals surface area contributed by atoms with Gasteiger partial charge in [0.2, 0.25) is 0 Å². The van der Waals surface area contributed by atoms with Gasteiger partial charge in [0.25, 0.3) is 0 Å². The maximum Gasteiger partial charge on any atom is 0.0351 e. The number of rotatable bonds is 4. The van der Waals surface area contributed by atoms with Crippen molar-refractivity contribution in [3.8, 4) is 0 Å². The van der Waals surface area contributed by atoms with Gasteiger partial charge in [-0.1, -0.05) is 28.9 Å². The van der Waals surface area contributed by atoms with Crippen molar-refractivity contribution in [1.29, 1.82) is 0 Å². The van der Waals surface area contributed by atoms with Gasteiger partial charge >= 0.3 is 0 Å². The van der Waals surface area contributed by atoms with E-state index in [0.29, 0.717) is 0 Å². The highest BCUT2D eigenvalue weighted by Crippen LogP contribution is 2.21. The fraction of sp³-hybridized carbons (Fsp3) is 0.600. The van der Waals surface area contributed by atoms with Crippen molar-refractivity contribution in [2.75, 3.05) is 25.0 Å². The van der Waals surface area contributed by atoms with Crippen LogP contribution in [0, 0.1) is 5.92 Å². The molecule has 0 saturated carbocycles. The molecule has 2 nitrogen and oxygen atoms in total. The lowest BCUT2D eigenvalue weighted by atomic mass is 9.95. The van der Waals surface area contributed by atoms with E-state index in [1.165, 1.54) is 25.1 Å². The second-order valence-electron chi connectivity index (χ2n) is 5.46. The number of anilines is 1. The number of piperidine rings is 1. The first-order chi connectivity index (χ1) is 8.65. The minimum absolute atomic E-state index is 0.741. The summed E-state index contributed by atoms with van der Waals surface area (Å²) in [7, 11) is 0. The summed E-state index contributed by atoms with van der Waals surface area (Å²) in [5.74, 6) is 0.854. The minimum Gasteiger partial charge on any atom is -0.384 e. The standard InChI is InChI=1S/C15H23BrN2/c1-12-6-7-13(2)18(11-12)9-8-17-15-5-3-4-14(16)10-15/h3-5,10,12-13,17H,6-9,11H2,1-2H3. The first kappa shape index (κ1) is 13.9. The van der Waals surface area contributed by atoms with Crippen LogP contribution in [0.2, 0.25) is 0 Å². The molecule has 0 aromatic heterocycles. The predicted octanol–water partition coefficient (Wildman–Crippen LogP) is 3.98. The summed E-state index contributed by atoms with van der Waals surface area (Å²) >= 11 is 3.50. The van der Waals surface area contributed by atoms with E-state index in [-0.39, 0.29) is 0 Å². The minimum atomic E-state index is 0.741. The highest BCUT2D eigenvalue weighted by Gasteiger charge is 2.21. The van der Waals surface area contributed by atoms with Crippen LogP contribution in [0.1, 0.15) is 26.7 Å². The van der Waals surface area contributed by atoms with E-state index in [4.69, 9.17) is 0 Å². The first-order valence-corrected chi connectivity index (χ1v) is 7.68. The van der Waals surface area contributed by atoms with Crippen LogP contribution >= 0.6 is 15.9 Å². The summed E-state index contributed by atoms with van der Waals surface area (Å²) in [6.45, 7) is 8.12. The van der Waals surface area contributed by atoms with Crippen LogP contribution in [-0.4, -0.2) is 30.6 Å². The van der Waals surface area contributed by atoms with Gasteiger partial charge in [-0.15, -0.1) is 0 Å². The second kappa shape index (κ2) is 6.58. The summed E-state index contributed by atoms with van der Waals surface area (Å²) < 4.78 is 1.13. The molecule has 0 aliphatic carbocycles. The smallest absolute Gasteiger partial charge is 0.0351 e. The van der Waals surface area contributed by atoms with Crippen LogP contribution in [-0.2, 0) is 0 Å².